The third kappa shape index (κ3) is 5.98. The van der Waals surface area contributed by atoms with Crippen LogP contribution in [0.1, 0.15) is 46.8 Å². The van der Waals surface area contributed by atoms with Crippen LogP contribution in [-0.2, 0) is 19.1 Å². The fourth-order valence-electron chi connectivity index (χ4n) is 4.82. The van der Waals surface area contributed by atoms with E-state index in [1.54, 1.807) is 30.0 Å². The van der Waals surface area contributed by atoms with Gasteiger partial charge in [0.2, 0.25) is 5.91 Å². The number of carbonyl (C=O) groups is 4. The second-order valence-corrected chi connectivity index (χ2v) is 9.80. The summed E-state index contributed by atoms with van der Waals surface area (Å²) in [6.07, 6.45) is 1.35. The smallest absolute Gasteiger partial charge is 0.310 e. The van der Waals surface area contributed by atoms with Crippen LogP contribution in [0.3, 0.4) is 0 Å². The van der Waals surface area contributed by atoms with E-state index in [9.17, 15) is 19.2 Å². The summed E-state index contributed by atoms with van der Waals surface area (Å²) in [6, 6.07) is 8.78. The first-order valence-corrected chi connectivity index (χ1v) is 12.9. The van der Waals surface area contributed by atoms with Crippen molar-refractivity contribution >= 4 is 29.3 Å². The van der Waals surface area contributed by atoms with E-state index in [-0.39, 0.29) is 55.8 Å². The molecule has 0 radical (unpaired) electrons. The zero-order valence-electron chi connectivity index (χ0n) is 22.4. The summed E-state index contributed by atoms with van der Waals surface area (Å²) in [5, 5.41) is 0. The lowest BCUT2D eigenvalue weighted by Gasteiger charge is -2.34. The number of nitrogens with zero attached hydrogens (tertiary/aromatic N) is 2. The van der Waals surface area contributed by atoms with Gasteiger partial charge in [-0.2, -0.15) is 0 Å². The Morgan fingerprint density at radius 2 is 1.89 bits per heavy atom. The van der Waals surface area contributed by atoms with Gasteiger partial charge < -0.3 is 19.1 Å². The maximum atomic E-state index is 13.2. The van der Waals surface area contributed by atoms with E-state index in [0.29, 0.717) is 48.7 Å². The summed E-state index contributed by atoms with van der Waals surface area (Å²) in [7, 11) is 0. The number of hydrogen-bond donors (Lipinski definition) is 0. The van der Waals surface area contributed by atoms with Gasteiger partial charge in [-0.05, 0) is 81.5 Å². The molecule has 38 heavy (non-hydrogen) atoms. The number of benzene rings is 2. The van der Waals surface area contributed by atoms with Gasteiger partial charge in [0.05, 0.1) is 18.2 Å². The molecule has 9 heteroatoms. The molecule has 2 aromatic rings. The third-order valence-corrected chi connectivity index (χ3v) is 7.03. The van der Waals surface area contributed by atoms with Crippen LogP contribution in [0.15, 0.2) is 30.3 Å². The van der Waals surface area contributed by atoms with Crippen molar-refractivity contribution in [1.29, 1.82) is 0 Å². The van der Waals surface area contributed by atoms with E-state index in [4.69, 9.17) is 14.2 Å². The van der Waals surface area contributed by atoms with Gasteiger partial charge in [-0.1, -0.05) is 6.07 Å². The van der Waals surface area contributed by atoms with E-state index in [0.717, 1.165) is 16.7 Å². The highest BCUT2D eigenvalue weighted by Gasteiger charge is 2.33. The fourth-order valence-corrected chi connectivity index (χ4v) is 4.82. The number of fused-ring (bicyclic) bond motifs is 1. The van der Waals surface area contributed by atoms with E-state index < -0.39 is 0 Å². The van der Waals surface area contributed by atoms with Crippen molar-refractivity contribution in [1.82, 2.24) is 4.90 Å². The number of anilines is 1. The number of esters is 1. The summed E-state index contributed by atoms with van der Waals surface area (Å²) >= 11 is 0. The first-order chi connectivity index (χ1) is 18.2. The van der Waals surface area contributed by atoms with Crippen LogP contribution in [0.25, 0.3) is 0 Å². The Morgan fingerprint density at radius 3 is 2.66 bits per heavy atom. The van der Waals surface area contributed by atoms with Crippen LogP contribution in [0, 0.1) is 26.7 Å². The van der Waals surface area contributed by atoms with Crippen LogP contribution >= 0.6 is 0 Å². The predicted octanol–water partition coefficient (Wildman–Crippen LogP) is 3.40. The predicted molar refractivity (Wildman–Crippen MR) is 141 cm³/mol. The van der Waals surface area contributed by atoms with Gasteiger partial charge in [-0.15, -0.1) is 0 Å². The van der Waals surface area contributed by atoms with E-state index >= 15 is 0 Å². The second kappa shape index (κ2) is 11.7. The molecule has 2 aromatic carbocycles. The molecular formula is C29H34N2O7. The van der Waals surface area contributed by atoms with Crippen molar-refractivity contribution in [2.24, 2.45) is 5.92 Å². The Hall–Kier alpha value is -3.88. The lowest BCUT2D eigenvalue weighted by Crippen LogP contribution is -2.49. The van der Waals surface area contributed by atoms with Crippen LogP contribution in [0.2, 0.25) is 0 Å². The van der Waals surface area contributed by atoms with Crippen molar-refractivity contribution in [2.45, 2.75) is 40.5 Å². The highest BCUT2D eigenvalue weighted by Crippen LogP contribution is 2.33. The van der Waals surface area contributed by atoms with Crippen molar-refractivity contribution in [3.05, 3.63) is 52.6 Å². The molecule has 0 N–H and O–H groups in total. The number of hydrogen-bond acceptors (Lipinski definition) is 7. The number of amides is 2. The molecule has 1 atom stereocenters. The molecule has 1 unspecified atom stereocenters. The Labute approximate surface area is 222 Å². The highest BCUT2D eigenvalue weighted by molar-refractivity contribution is 6.04. The molecule has 0 aromatic heterocycles. The molecule has 1 fully saturated rings. The summed E-state index contributed by atoms with van der Waals surface area (Å²) in [5.41, 5.74) is 3.81. The Morgan fingerprint density at radius 1 is 1.11 bits per heavy atom. The lowest BCUT2D eigenvalue weighted by atomic mass is 9.98. The lowest BCUT2D eigenvalue weighted by molar-refractivity contribution is -0.151. The van der Waals surface area contributed by atoms with Gasteiger partial charge in [0, 0.05) is 18.7 Å². The van der Waals surface area contributed by atoms with Crippen LogP contribution in [-0.4, -0.2) is 67.9 Å². The van der Waals surface area contributed by atoms with Crippen LogP contribution in [0.5, 0.6) is 11.5 Å². The van der Waals surface area contributed by atoms with Gasteiger partial charge in [0.15, 0.2) is 19.0 Å². The molecule has 202 valence electrons. The molecule has 2 heterocycles. The molecule has 0 bridgehead atoms. The van der Waals surface area contributed by atoms with Gasteiger partial charge >= 0.3 is 5.97 Å². The topological polar surface area (TPSA) is 102 Å². The van der Waals surface area contributed by atoms with E-state index in [1.807, 2.05) is 26.8 Å². The summed E-state index contributed by atoms with van der Waals surface area (Å²) in [6.45, 7) is 8.15. The maximum Gasteiger partial charge on any atom is 0.310 e. The Balaban J connectivity index is 1.47. The maximum absolute atomic E-state index is 13.2. The average Bonchev–Trinajstić information content (AvgIpc) is 2.91. The number of Topliss-reactive ketones (excluding diaryl/α,β-unsaturated/α-hetero) is 1. The minimum Gasteiger partial charge on any atom is -0.485 e. The molecule has 0 saturated carbocycles. The number of ether oxygens (including phenoxy) is 3. The van der Waals surface area contributed by atoms with Crippen molar-refractivity contribution < 1.29 is 33.4 Å². The standard InChI is InChI=1S/C29H34N2O7/c1-5-36-29(35)22-7-6-10-30(14-22)27(33)15-31-23-13-21(8-9-25(23)38-17-28(31)34)24(32)16-37-26-12-18(2)11-19(3)20(26)4/h8-9,11-13,22H,5-7,10,14-17H2,1-4H3. The summed E-state index contributed by atoms with van der Waals surface area (Å²) in [5.74, 6) is -0.513. The molecule has 2 amide bonds. The largest absolute Gasteiger partial charge is 0.485 e. The number of aryl methyl sites for hydroxylation is 2. The third-order valence-electron chi connectivity index (χ3n) is 7.03. The van der Waals surface area contributed by atoms with Crippen molar-refractivity contribution in [3.63, 3.8) is 0 Å². The minimum absolute atomic E-state index is 0.167. The Kier molecular flexibility index (Phi) is 8.34. The number of carbonyl (C=O) groups excluding carboxylic acids is 4. The van der Waals surface area contributed by atoms with Gasteiger partial charge in [-0.3, -0.25) is 24.1 Å². The van der Waals surface area contributed by atoms with Gasteiger partial charge in [-0.25, -0.2) is 0 Å². The minimum atomic E-state index is -0.378. The van der Waals surface area contributed by atoms with Crippen LogP contribution < -0.4 is 14.4 Å². The molecule has 2 aliphatic heterocycles. The monoisotopic (exact) mass is 522 g/mol. The van der Waals surface area contributed by atoms with Crippen molar-refractivity contribution in [3.8, 4) is 11.5 Å². The van der Waals surface area contributed by atoms with Gasteiger partial charge in [0.1, 0.15) is 18.0 Å². The van der Waals surface area contributed by atoms with E-state index in [1.165, 1.54) is 4.90 Å². The molecular weight excluding hydrogens is 488 g/mol. The fraction of sp³-hybridized carbons (Fsp3) is 0.448. The van der Waals surface area contributed by atoms with Gasteiger partial charge in [0.25, 0.3) is 5.91 Å². The first kappa shape index (κ1) is 27.2. The van der Waals surface area contributed by atoms with Crippen molar-refractivity contribution in [2.75, 3.05) is 44.4 Å². The molecule has 1 saturated heterocycles. The van der Waals surface area contributed by atoms with E-state index in [2.05, 4.69) is 6.07 Å². The molecule has 9 nitrogen and oxygen atoms in total. The summed E-state index contributed by atoms with van der Waals surface area (Å²) < 4.78 is 16.5. The summed E-state index contributed by atoms with van der Waals surface area (Å²) in [4.78, 5) is 54.1. The molecule has 0 aliphatic carbocycles. The number of ketones is 1. The molecule has 0 spiro atoms. The quantitative estimate of drug-likeness (QED) is 0.387. The Bertz CT molecular complexity index is 1260. The number of piperidine rings is 1. The zero-order valence-corrected chi connectivity index (χ0v) is 22.4. The number of rotatable bonds is 8. The number of likely N-dealkylation sites (tertiary alicyclic amines) is 1. The molecule has 2 aliphatic rings. The zero-order chi connectivity index (χ0) is 27.4. The SMILES string of the molecule is CCOC(=O)C1CCCN(C(=O)CN2C(=O)COc3ccc(C(=O)COc4cc(C)cc(C)c4C)cc32)C1. The normalized spacial score (nSPS) is 16.9. The first-order valence-electron chi connectivity index (χ1n) is 12.9. The second-order valence-electron chi connectivity index (χ2n) is 9.80. The highest BCUT2D eigenvalue weighted by atomic mass is 16.5. The van der Waals surface area contributed by atoms with Crippen LogP contribution in [0.4, 0.5) is 5.69 Å². The average molecular weight is 523 g/mol. The molecule has 4 rings (SSSR count).